The molecule has 0 fully saturated rings. The molecular weight excluding hydrogens is 440 g/mol. The van der Waals surface area contributed by atoms with Crippen molar-refractivity contribution in [2.24, 2.45) is 0 Å². The van der Waals surface area contributed by atoms with Crippen LogP contribution in [0.15, 0.2) is 43.0 Å². The zero-order valence-electron chi connectivity index (χ0n) is 15.2. The van der Waals surface area contributed by atoms with Gasteiger partial charge in [0.1, 0.15) is 18.4 Å². The number of rotatable bonds is 8. The highest BCUT2D eigenvalue weighted by Crippen LogP contribution is 2.34. The lowest BCUT2D eigenvalue weighted by molar-refractivity contribution is 0.295. The lowest BCUT2D eigenvalue weighted by Crippen LogP contribution is -2.12. The van der Waals surface area contributed by atoms with Crippen LogP contribution in [0.4, 0.5) is 0 Å². The van der Waals surface area contributed by atoms with Gasteiger partial charge in [0.25, 0.3) is 0 Å². The SMILES string of the molecule is Cc1cc(Cl)cc(Cl)c1OCCCC(Cn1cncn1)c1ccc(Cl)cc1Cl. The van der Waals surface area contributed by atoms with E-state index in [1.165, 1.54) is 6.33 Å². The molecule has 0 amide bonds. The van der Waals surface area contributed by atoms with E-state index in [1.807, 2.05) is 25.1 Å². The second-order valence-corrected chi connectivity index (χ2v) is 8.19. The molecule has 0 N–H and O–H groups in total. The monoisotopic (exact) mass is 457 g/mol. The van der Waals surface area contributed by atoms with Crippen LogP contribution in [0.3, 0.4) is 0 Å². The number of hydrogen-bond donors (Lipinski definition) is 0. The first-order chi connectivity index (χ1) is 13.4. The van der Waals surface area contributed by atoms with Gasteiger partial charge in [-0.25, -0.2) is 4.98 Å². The molecule has 28 heavy (non-hydrogen) atoms. The van der Waals surface area contributed by atoms with Gasteiger partial charge in [-0.2, -0.15) is 5.10 Å². The first kappa shape index (κ1) is 21.3. The fourth-order valence-electron chi connectivity index (χ4n) is 3.11. The predicted molar refractivity (Wildman–Crippen MR) is 115 cm³/mol. The van der Waals surface area contributed by atoms with Gasteiger partial charge in [0.2, 0.25) is 0 Å². The number of nitrogens with zero attached hydrogens (tertiary/aromatic N) is 3. The van der Waals surface area contributed by atoms with Crippen molar-refractivity contribution >= 4 is 46.4 Å². The third-order valence-electron chi connectivity index (χ3n) is 4.41. The standard InChI is InChI=1S/C20H19Cl4N3O/c1-13-7-16(22)9-19(24)20(13)28-6-2-3-14(10-27-12-25-11-26-27)17-5-4-15(21)8-18(17)23/h4-5,7-9,11-12,14H,2-3,6,10H2,1H3. The van der Waals surface area contributed by atoms with Crippen molar-refractivity contribution in [3.05, 3.63) is 74.2 Å². The summed E-state index contributed by atoms with van der Waals surface area (Å²) in [4.78, 5) is 4.02. The van der Waals surface area contributed by atoms with E-state index in [4.69, 9.17) is 51.1 Å². The van der Waals surface area contributed by atoms with E-state index in [1.54, 1.807) is 23.1 Å². The van der Waals surface area contributed by atoms with Crippen molar-refractivity contribution in [1.29, 1.82) is 0 Å². The Kier molecular flexibility index (Phi) is 7.47. The predicted octanol–water partition coefficient (Wildman–Crippen LogP) is 6.84. The van der Waals surface area contributed by atoms with Crippen LogP contribution in [-0.4, -0.2) is 21.4 Å². The van der Waals surface area contributed by atoms with E-state index in [0.717, 1.165) is 24.0 Å². The Morgan fingerprint density at radius 2 is 1.82 bits per heavy atom. The Labute approximate surface area is 184 Å². The number of hydrogen-bond acceptors (Lipinski definition) is 3. The Hall–Kier alpha value is -1.46. The number of aromatic nitrogens is 3. The van der Waals surface area contributed by atoms with Crippen molar-refractivity contribution < 1.29 is 4.74 Å². The number of aryl methyl sites for hydroxylation is 1. The van der Waals surface area contributed by atoms with Crippen LogP contribution < -0.4 is 4.74 Å². The quantitative estimate of drug-likeness (QED) is 0.346. The van der Waals surface area contributed by atoms with Gasteiger partial charge in [-0.15, -0.1) is 0 Å². The number of benzene rings is 2. The maximum Gasteiger partial charge on any atom is 0.140 e. The molecule has 0 bridgehead atoms. The Morgan fingerprint density at radius 1 is 1.04 bits per heavy atom. The van der Waals surface area contributed by atoms with E-state index in [2.05, 4.69) is 10.1 Å². The minimum absolute atomic E-state index is 0.150. The van der Waals surface area contributed by atoms with Gasteiger partial charge in [-0.3, -0.25) is 4.68 Å². The Morgan fingerprint density at radius 3 is 2.50 bits per heavy atom. The highest BCUT2D eigenvalue weighted by Gasteiger charge is 2.17. The Balaban J connectivity index is 1.66. The summed E-state index contributed by atoms with van der Waals surface area (Å²) in [5, 5.41) is 6.59. The van der Waals surface area contributed by atoms with Crippen molar-refractivity contribution in [2.75, 3.05) is 6.61 Å². The maximum absolute atomic E-state index is 6.44. The molecule has 8 heteroatoms. The molecule has 3 rings (SSSR count). The summed E-state index contributed by atoms with van der Waals surface area (Å²) in [6.45, 7) is 3.12. The van der Waals surface area contributed by atoms with Crippen molar-refractivity contribution in [2.45, 2.75) is 32.2 Å². The smallest absolute Gasteiger partial charge is 0.140 e. The fourth-order valence-corrected chi connectivity index (χ4v) is 4.32. The molecule has 0 spiro atoms. The van der Waals surface area contributed by atoms with E-state index < -0.39 is 0 Å². The maximum atomic E-state index is 6.44. The van der Waals surface area contributed by atoms with Crippen LogP contribution in [0.1, 0.15) is 29.9 Å². The van der Waals surface area contributed by atoms with E-state index in [-0.39, 0.29) is 5.92 Å². The van der Waals surface area contributed by atoms with Gasteiger partial charge in [-0.05, 0) is 55.2 Å². The molecule has 0 saturated heterocycles. The van der Waals surface area contributed by atoms with Gasteiger partial charge in [0.05, 0.1) is 11.6 Å². The van der Waals surface area contributed by atoms with Crippen molar-refractivity contribution in [3.8, 4) is 5.75 Å². The third kappa shape index (κ3) is 5.54. The second-order valence-electron chi connectivity index (χ2n) is 6.50. The summed E-state index contributed by atoms with van der Waals surface area (Å²) < 4.78 is 7.72. The first-order valence-corrected chi connectivity index (χ1v) is 10.3. The molecule has 0 radical (unpaired) electrons. The molecule has 0 saturated carbocycles. The lowest BCUT2D eigenvalue weighted by Gasteiger charge is -2.19. The summed E-state index contributed by atoms with van der Waals surface area (Å²) in [7, 11) is 0. The van der Waals surface area contributed by atoms with Crippen molar-refractivity contribution in [1.82, 2.24) is 14.8 Å². The van der Waals surface area contributed by atoms with E-state index in [0.29, 0.717) is 39.0 Å². The highest BCUT2D eigenvalue weighted by atomic mass is 35.5. The molecule has 2 aromatic carbocycles. The molecule has 0 aliphatic rings. The number of ether oxygens (including phenoxy) is 1. The van der Waals surface area contributed by atoms with Crippen LogP contribution in [0.5, 0.6) is 5.75 Å². The lowest BCUT2D eigenvalue weighted by atomic mass is 9.94. The molecule has 3 aromatic rings. The average Bonchev–Trinajstić information content (AvgIpc) is 3.12. The van der Waals surface area contributed by atoms with E-state index >= 15 is 0 Å². The summed E-state index contributed by atoms with van der Waals surface area (Å²) in [5.41, 5.74) is 1.94. The van der Waals surface area contributed by atoms with Gasteiger partial charge < -0.3 is 4.74 Å². The normalized spacial score (nSPS) is 12.2. The van der Waals surface area contributed by atoms with Crippen LogP contribution >= 0.6 is 46.4 Å². The van der Waals surface area contributed by atoms with Gasteiger partial charge in [-0.1, -0.05) is 52.5 Å². The summed E-state index contributed by atoms with van der Waals surface area (Å²) in [6.07, 6.45) is 4.89. The summed E-state index contributed by atoms with van der Waals surface area (Å²) in [5.74, 6) is 0.820. The molecule has 1 unspecified atom stereocenters. The zero-order chi connectivity index (χ0) is 20.1. The molecule has 4 nitrogen and oxygen atoms in total. The molecule has 1 atom stereocenters. The third-order valence-corrected chi connectivity index (χ3v) is 5.48. The van der Waals surface area contributed by atoms with Crippen LogP contribution in [0.25, 0.3) is 0 Å². The first-order valence-electron chi connectivity index (χ1n) is 8.80. The van der Waals surface area contributed by atoms with Crippen LogP contribution in [0.2, 0.25) is 20.1 Å². The van der Waals surface area contributed by atoms with Crippen LogP contribution in [0, 0.1) is 6.92 Å². The van der Waals surface area contributed by atoms with Gasteiger partial charge in [0.15, 0.2) is 0 Å². The minimum Gasteiger partial charge on any atom is -0.492 e. The fraction of sp³-hybridized carbons (Fsp3) is 0.300. The van der Waals surface area contributed by atoms with Gasteiger partial charge in [0, 0.05) is 27.5 Å². The molecule has 1 aromatic heterocycles. The summed E-state index contributed by atoms with van der Waals surface area (Å²) >= 11 is 24.7. The topological polar surface area (TPSA) is 39.9 Å². The zero-order valence-corrected chi connectivity index (χ0v) is 18.2. The molecule has 0 aliphatic carbocycles. The molecule has 148 valence electrons. The average molecular weight is 459 g/mol. The molecule has 0 aliphatic heterocycles. The van der Waals surface area contributed by atoms with Crippen molar-refractivity contribution in [3.63, 3.8) is 0 Å². The molecular formula is C20H19Cl4N3O. The largest absolute Gasteiger partial charge is 0.492 e. The summed E-state index contributed by atoms with van der Waals surface area (Å²) in [6, 6.07) is 9.11. The Bertz CT molecular complexity index is 908. The number of halogens is 4. The molecule has 1 heterocycles. The highest BCUT2D eigenvalue weighted by molar-refractivity contribution is 6.36. The minimum atomic E-state index is 0.150. The second kappa shape index (κ2) is 9.84. The van der Waals surface area contributed by atoms with Gasteiger partial charge >= 0.3 is 0 Å². The van der Waals surface area contributed by atoms with E-state index in [9.17, 15) is 0 Å². The van der Waals surface area contributed by atoms with Crippen LogP contribution in [-0.2, 0) is 6.54 Å².